The number of anilines is 1. The van der Waals surface area contributed by atoms with Crippen molar-refractivity contribution in [1.82, 2.24) is 10.2 Å². The molecule has 8 nitrogen and oxygen atoms in total. The van der Waals surface area contributed by atoms with Crippen molar-refractivity contribution in [2.45, 2.75) is 19.8 Å². The van der Waals surface area contributed by atoms with Gasteiger partial charge in [0, 0.05) is 31.1 Å². The van der Waals surface area contributed by atoms with E-state index in [1.54, 1.807) is 25.1 Å². The van der Waals surface area contributed by atoms with Crippen molar-refractivity contribution >= 4 is 35.2 Å². The van der Waals surface area contributed by atoms with Crippen LogP contribution in [0.2, 0.25) is 5.02 Å². The fourth-order valence-corrected chi connectivity index (χ4v) is 2.87. The van der Waals surface area contributed by atoms with Crippen LogP contribution in [0.5, 0.6) is 5.75 Å². The van der Waals surface area contributed by atoms with Crippen LogP contribution in [0.3, 0.4) is 0 Å². The number of ether oxygens (including phenoxy) is 1. The Morgan fingerprint density at radius 2 is 2.12 bits per heavy atom. The molecule has 142 valence electrons. The second-order valence-corrected chi connectivity index (χ2v) is 6.85. The highest BCUT2D eigenvalue weighted by molar-refractivity contribution is 6.31. The van der Waals surface area contributed by atoms with Gasteiger partial charge in [-0.2, -0.15) is 0 Å². The maximum atomic E-state index is 12.1. The first-order valence-corrected chi connectivity index (χ1v) is 8.52. The van der Waals surface area contributed by atoms with Crippen molar-refractivity contribution in [2.75, 3.05) is 32.1 Å². The number of methoxy groups -OCH3 is 1. The van der Waals surface area contributed by atoms with E-state index < -0.39 is 11.4 Å². The highest BCUT2D eigenvalue weighted by atomic mass is 35.5. The molecule has 0 spiro atoms. The Morgan fingerprint density at radius 1 is 1.38 bits per heavy atom. The molecule has 3 amide bonds. The molecule has 3 N–H and O–H groups in total. The van der Waals surface area contributed by atoms with Crippen LogP contribution in [0.1, 0.15) is 19.8 Å². The van der Waals surface area contributed by atoms with Crippen LogP contribution < -0.4 is 15.4 Å². The second-order valence-electron chi connectivity index (χ2n) is 6.41. The highest BCUT2D eigenvalue weighted by Crippen LogP contribution is 2.30. The Kier molecular flexibility index (Phi) is 6.31. The number of nitrogens with one attached hydrogen (secondary N) is 2. The molecule has 0 bridgehead atoms. The number of aliphatic carboxylic acids is 1. The van der Waals surface area contributed by atoms with Crippen molar-refractivity contribution in [1.29, 1.82) is 0 Å². The zero-order valence-corrected chi connectivity index (χ0v) is 15.4. The van der Waals surface area contributed by atoms with Crippen LogP contribution in [0.4, 0.5) is 10.5 Å². The van der Waals surface area contributed by atoms with Crippen molar-refractivity contribution in [3.63, 3.8) is 0 Å². The molecule has 0 aromatic heterocycles. The number of benzene rings is 1. The molecule has 1 aromatic rings. The van der Waals surface area contributed by atoms with Crippen molar-refractivity contribution in [2.24, 2.45) is 5.41 Å². The summed E-state index contributed by atoms with van der Waals surface area (Å²) in [7, 11) is 1.49. The molecule has 1 aliphatic rings. The van der Waals surface area contributed by atoms with Gasteiger partial charge in [0.05, 0.1) is 18.2 Å². The molecule has 0 aliphatic carbocycles. The van der Waals surface area contributed by atoms with E-state index in [9.17, 15) is 19.5 Å². The normalized spacial score (nSPS) is 19.1. The molecule has 1 aliphatic heterocycles. The molecular formula is C17H22ClN3O5. The fraction of sp³-hybridized carbons (Fsp3) is 0.471. The quantitative estimate of drug-likeness (QED) is 0.697. The summed E-state index contributed by atoms with van der Waals surface area (Å²) in [4.78, 5) is 36.8. The molecule has 0 radical (unpaired) electrons. The van der Waals surface area contributed by atoms with E-state index in [0.29, 0.717) is 29.4 Å². The minimum Gasteiger partial charge on any atom is -0.495 e. The zero-order valence-electron chi connectivity index (χ0n) is 14.7. The maximum Gasteiger partial charge on any atom is 0.317 e. The van der Waals surface area contributed by atoms with E-state index in [4.69, 9.17) is 16.3 Å². The second kappa shape index (κ2) is 8.27. The largest absolute Gasteiger partial charge is 0.495 e. The van der Waals surface area contributed by atoms with Crippen molar-refractivity contribution in [3.05, 3.63) is 23.2 Å². The average Bonchev–Trinajstić information content (AvgIpc) is 2.99. The van der Waals surface area contributed by atoms with Crippen LogP contribution in [0.15, 0.2) is 18.2 Å². The first-order chi connectivity index (χ1) is 12.2. The third-order valence-electron chi connectivity index (χ3n) is 4.34. The lowest BCUT2D eigenvalue weighted by atomic mass is 9.90. The van der Waals surface area contributed by atoms with Crippen molar-refractivity contribution in [3.8, 4) is 5.75 Å². The summed E-state index contributed by atoms with van der Waals surface area (Å²) >= 11 is 5.91. The number of amides is 3. The summed E-state index contributed by atoms with van der Waals surface area (Å²) in [5, 5.41) is 15.0. The monoisotopic (exact) mass is 383 g/mol. The SMILES string of the molecule is COc1ccc(Cl)cc1NC(=O)CCNC(=O)N1CCC(C)(C(=O)O)C1. The highest BCUT2D eigenvalue weighted by Gasteiger charge is 2.42. The van der Waals surface area contributed by atoms with Crippen LogP contribution in [0, 0.1) is 5.41 Å². The predicted octanol–water partition coefficient (Wildman–Crippen LogP) is 2.18. The van der Waals surface area contributed by atoms with E-state index in [2.05, 4.69) is 10.6 Å². The van der Waals surface area contributed by atoms with E-state index in [1.165, 1.54) is 12.0 Å². The lowest BCUT2D eigenvalue weighted by Gasteiger charge is -2.20. The van der Waals surface area contributed by atoms with Crippen LogP contribution in [-0.2, 0) is 9.59 Å². The molecule has 2 rings (SSSR count). The topological polar surface area (TPSA) is 108 Å². The van der Waals surface area contributed by atoms with E-state index in [-0.39, 0.29) is 31.4 Å². The molecule has 26 heavy (non-hydrogen) atoms. The lowest BCUT2D eigenvalue weighted by molar-refractivity contribution is -0.147. The zero-order chi connectivity index (χ0) is 19.3. The van der Waals surface area contributed by atoms with Gasteiger partial charge in [-0.05, 0) is 31.5 Å². The molecule has 9 heteroatoms. The number of rotatable bonds is 6. The van der Waals surface area contributed by atoms with E-state index in [1.807, 2.05) is 0 Å². The number of carboxylic acids is 1. The molecule has 1 aromatic carbocycles. The minimum atomic E-state index is -0.919. The summed E-state index contributed by atoms with van der Waals surface area (Å²) in [5.74, 6) is -0.734. The number of carbonyl (C=O) groups is 3. The number of nitrogens with zero attached hydrogens (tertiary/aromatic N) is 1. The van der Waals surface area contributed by atoms with Crippen LogP contribution >= 0.6 is 11.6 Å². The van der Waals surface area contributed by atoms with Gasteiger partial charge in [0.15, 0.2) is 0 Å². The molecule has 1 heterocycles. The first kappa shape index (κ1) is 19.8. The van der Waals surface area contributed by atoms with E-state index in [0.717, 1.165) is 0 Å². The lowest BCUT2D eigenvalue weighted by Crippen LogP contribution is -2.41. The average molecular weight is 384 g/mol. The summed E-state index contributed by atoms with van der Waals surface area (Å²) in [5.41, 5.74) is -0.467. The van der Waals surface area contributed by atoms with Gasteiger partial charge in [-0.15, -0.1) is 0 Å². The maximum absolute atomic E-state index is 12.1. The van der Waals surface area contributed by atoms with Gasteiger partial charge in [-0.3, -0.25) is 9.59 Å². The first-order valence-electron chi connectivity index (χ1n) is 8.15. The Hall–Kier alpha value is -2.48. The number of carboxylic acid groups (broad SMARTS) is 1. The van der Waals surface area contributed by atoms with E-state index >= 15 is 0 Å². The Balaban J connectivity index is 1.79. The molecule has 1 unspecified atom stereocenters. The van der Waals surface area contributed by atoms with Gasteiger partial charge in [-0.1, -0.05) is 11.6 Å². The van der Waals surface area contributed by atoms with Crippen LogP contribution in [-0.4, -0.2) is 54.7 Å². The third-order valence-corrected chi connectivity index (χ3v) is 4.58. The van der Waals surface area contributed by atoms with Gasteiger partial charge >= 0.3 is 12.0 Å². The van der Waals surface area contributed by atoms with Gasteiger partial charge < -0.3 is 25.4 Å². The number of likely N-dealkylation sites (tertiary alicyclic amines) is 1. The standard InChI is InChI=1S/C17H22ClN3O5/c1-17(15(23)24)6-8-21(10-17)16(25)19-7-5-14(22)20-12-9-11(18)3-4-13(12)26-2/h3-4,9H,5-8,10H2,1-2H3,(H,19,25)(H,20,22)(H,23,24). The smallest absolute Gasteiger partial charge is 0.317 e. The Bertz CT molecular complexity index is 712. The number of hydrogen-bond donors (Lipinski definition) is 3. The van der Waals surface area contributed by atoms with Gasteiger partial charge in [0.2, 0.25) is 5.91 Å². The molecule has 0 saturated carbocycles. The van der Waals surface area contributed by atoms with Crippen molar-refractivity contribution < 1.29 is 24.2 Å². The van der Waals surface area contributed by atoms with Gasteiger partial charge in [0.1, 0.15) is 5.75 Å². The minimum absolute atomic E-state index is 0.0610. The summed E-state index contributed by atoms with van der Waals surface area (Å²) in [6.07, 6.45) is 0.468. The Labute approximate surface area is 156 Å². The predicted molar refractivity (Wildman–Crippen MR) is 96.6 cm³/mol. The number of hydrogen-bond acceptors (Lipinski definition) is 4. The van der Waals surface area contributed by atoms with Gasteiger partial charge in [0.25, 0.3) is 0 Å². The summed E-state index contributed by atoms with van der Waals surface area (Å²) < 4.78 is 5.15. The Morgan fingerprint density at radius 3 is 2.73 bits per heavy atom. The third kappa shape index (κ3) is 4.78. The number of carbonyl (C=O) groups excluding carboxylic acids is 2. The summed E-state index contributed by atoms with van der Waals surface area (Å²) in [6, 6.07) is 4.50. The molecule has 1 saturated heterocycles. The molecular weight excluding hydrogens is 362 g/mol. The number of halogens is 1. The molecule has 1 atom stereocenters. The fourth-order valence-electron chi connectivity index (χ4n) is 2.69. The van der Waals surface area contributed by atoms with Crippen LogP contribution in [0.25, 0.3) is 0 Å². The summed E-state index contributed by atoms with van der Waals surface area (Å²) in [6.45, 7) is 2.28. The van der Waals surface area contributed by atoms with Gasteiger partial charge in [-0.25, -0.2) is 4.79 Å². The number of urea groups is 1. The molecule has 1 fully saturated rings.